The Kier molecular flexibility index (Phi) is 8.36. The number of nitrogens with one attached hydrogen (secondary N) is 2. The van der Waals surface area contributed by atoms with Crippen LogP contribution >= 0.6 is 0 Å². The van der Waals surface area contributed by atoms with Crippen LogP contribution in [0.2, 0.25) is 0 Å². The third kappa shape index (κ3) is 6.07. The number of nitrogens with two attached hydrogens (primary N) is 1. The minimum atomic E-state index is -0.361. The van der Waals surface area contributed by atoms with E-state index in [1.807, 2.05) is 20.8 Å². The Morgan fingerprint density at radius 3 is 2.58 bits per heavy atom. The first-order valence-corrected chi connectivity index (χ1v) is 11.8. The van der Waals surface area contributed by atoms with Crippen LogP contribution in [0.3, 0.4) is 0 Å². The topological polar surface area (TPSA) is 87.4 Å². The summed E-state index contributed by atoms with van der Waals surface area (Å²) in [6, 6.07) is 20.3. The van der Waals surface area contributed by atoms with Crippen molar-refractivity contribution in [3.05, 3.63) is 88.5 Å². The summed E-state index contributed by atoms with van der Waals surface area (Å²) in [4.78, 5) is 11.0. The Bertz CT molecular complexity index is 1080. The number of primary amides is 1. The van der Waals surface area contributed by atoms with Crippen molar-refractivity contribution in [2.24, 2.45) is 5.73 Å². The van der Waals surface area contributed by atoms with Gasteiger partial charge in [0.2, 0.25) is 5.91 Å². The second-order valence-electron chi connectivity index (χ2n) is 8.24. The van der Waals surface area contributed by atoms with Crippen molar-refractivity contribution in [2.75, 3.05) is 17.2 Å². The number of amides is 1. The number of hydrogen-bond acceptors (Lipinski definition) is 4. The molecule has 1 amide bonds. The van der Waals surface area contributed by atoms with E-state index < -0.39 is 0 Å². The number of aryl methyl sites for hydroxylation is 2. The van der Waals surface area contributed by atoms with Crippen molar-refractivity contribution in [3.63, 3.8) is 0 Å². The molecule has 0 radical (unpaired) electrons. The molecule has 0 saturated heterocycles. The first-order chi connectivity index (χ1) is 16.0. The maximum Gasteiger partial charge on any atom is 0.240 e. The van der Waals surface area contributed by atoms with Gasteiger partial charge in [0, 0.05) is 30.4 Å². The molecule has 5 N–H and O–H groups in total. The summed E-state index contributed by atoms with van der Waals surface area (Å²) in [5, 5.41) is 15.9. The van der Waals surface area contributed by atoms with Crippen LogP contribution < -0.4 is 16.4 Å². The number of para-hydroxylation sites is 1. The molecule has 174 valence electrons. The van der Waals surface area contributed by atoms with Crippen molar-refractivity contribution < 1.29 is 9.90 Å². The van der Waals surface area contributed by atoms with Crippen molar-refractivity contribution in [2.45, 2.75) is 52.5 Å². The van der Waals surface area contributed by atoms with Gasteiger partial charge in [-0.15, -0.1) is 0 Å². The number of carbonyl (C=O) groups excluding carboxylic acids is 1. The Balaban J connectivity index is 0.000000176. The number of fused-ring (bicyclic) bond motifs is 2. The number of carbonyl (C=O) groups is 1. The molecule has 0 fully saturated rings. The maximum atomic E-state index is 11.0. The van der Waals surface area contributed by atoms with Crippen molar-refractivity contribution in [3.8, 4) is 5.75 Å². The molecule has 3 aromatic carbocycles. The van der Waals surface area contributed by atoms with E-state index >= 15 is 0 Å². The van der Waals surface area contributed by atoms with Crippen LogP contribution in [0.25, 0.3) is 0 Å². The third-order valence-corrected chi connectivity index (χ3v) is 5.94. The summed E-state index contributed by atoms with van der Waals surface area (Å²) in [6.45, 7) is 7.02. The predicted octanol–water partition coefficient (Wildman–Crippen LogP) is 5.18. The Morgan fingerprint density at radius 1 is 1.09 bits per heavy atom. The van der Waals surface area contributed by atoms with E-state index in [9.17, 15) is 9.90 Å². The monoisotopic (exact) mass is 445 g/mol. The molecule has 2 aliphatic heterocycles. The molecule has 1 atom stereocenters. The van der Waals surface area contributed by atoms with E-state index in [4.69, 9.17) is 5.73 Å². The Labute approximate surface area is 197 Å². The summed E-state index contributed by atoms with van der Waals surface area (Å²) in [5.74, 6) is -0.154. The van der Waals surface area contributed by atoms with Crippen LogP contribution in [0.4, 0.5) is 11.4 Å². The fourth-order valence-corrected chi connectivity index (χ4v) is 4.36. The molecule has 0 bridgehead atoms. The highest BCUT2D eigenvalue weighted by atomic mass is 16.3. The average molecular weight is 446 g/mol. The van der Waals surface area contributed by atoms with Gasteiger partial charge >= 0.3 is 0 Å². The number of anilines is 2. The Hall–Kier alpha value is -3.47. The SMILES string of the molecule is CC.Cc1cc(O)cc2c1CC(C(N)=O)N2.c1ccc(Cc2cccc3c2NCCC3)cc1. The standard InChI is InChI=1S/C16H17N.C10H12N2O2.C2H6/c1-2-6-13(7-3-1)12-15-9-4-8-14-10-5-11-17-16(14)15;1-5-2-6(13)3-8-7(5)4-9(12-8)10(11)14;1-2/h1-4,6-9,17H,5,10-12H2;2-3,9,12-13H,4H2,1H3,(H2,11,14);1-2H3. The Morgan fingerprint density at radius 2 is 1.85 bits per heavy atom. The zero-order valence-electron chi connectivity index (χ0n) is 19.8. The molecule has 33 heavy (non-hydrogen) atoms. The number of phenolic OH excluding ortho intramolecular Hbond substituents is 1. The third-order valence-electron chi connectivity index (χ3n) is 5.94. The first-order valence-electron chi connectivity index (χ1n) is 11.8. The minimum absolute atomic E-state index is 0.207. The molecule has 5 rings (SSSR count). The summed E-state index contributed by atoms with van der Waals surface area (Å²) < 4.78 is 0. The molecule has 2 heterocycles. The van der Waals surface area contributed by atoms with Crippen molar-refractivity contribution >= 4 is 17.3 Å². The van der Waals surface area contributed by atoms with Crippen LogP contribution in [-0.4, -0.2) is 23.6 Å². The van der Waals surface area contributed by atoms with E-state index in [-0.39, 0.29) is 17.7 Å². The van der Waals surface area contributed by atoms with Gasteiger partial charge in [-0.2, -0.15) is 0 Å². The molecule has 2 aliphatic rings. The summed E-state index contributed by atoms with van der Waals surface area (Å²) >= 11 is 0. The molecular weight excluding hydrogens is 410 g/mol. The lowest BCUT2D eigenvalue weighted by molar-refractivity contribution is -0.118. The van der Waals surface area contributed by atoms with Gasteiger partial charge < -0.3 is 21.5 Å². The number of phenols is 1. The van der Waals surface area contributed by atoms with Gasteiger partial charge in [-0.25, -0.2) is 0 Å². The summed E-state index contributed by atoms with van der Waals surface area (Å²) in [7, 11) is 0. The fraction of sp³-hybridized carbons (Fsp3) is 0.321. The molecule has 1 unspecified atom stereocenters. The highest BCUT2D eigenvalue weighted by Crippen LogP contribution is 2.32. The zero-order chi connectivity index (χ0) is 23.8. The maximum absolute atomic E-state index is 11.0. The van der Waals surface area contributed by atoms with E-state index in [0.29, 0.717) is 6.42 Å². The van der Waals surface area contributed by atoms with Gasteiger partial charge in [-0.05, 0) is 60.1 Å². The lowest BCUT2D eigenvalue weighted by Gasteiger charge is -2.21. The molecule has 0 saturated carbocycles. The molecule has 3 aromatic rings. The van der Waals surface area contributed by atoms with Crippen molar-refractivity contribution in [1.29, 1.82) is 0 Å². The second kappa shape index (κ2) is 11.4. The van der Waals surface area contributed by atoms with Crippen LogP contribution in [-0.2, 0) is 24.1 Å². The highest BCUT2D eigenvalue weighted by Gasteiger charge is 2.26. The van der Waals surface area contributed by atoms with Gasteiger partial charge in [0.15, 0.2) is 0 Å². The van der Waals surface area contributed by atoms with Gasteiger partial charge in [0.05, 0.1) is 0 Å². The molecule has 0 aliphatic carbocycles. The van der Waals surface area contributed by atoms with Gasteiger partial charge in [0.25, 0.3) is 0 Å². The summed E-state index contributed by atoms with van der Waals surface area (Å²) in [5.41, 5.74) is 13.7. The van der Waals surface area contributed by atoms with E-state index in [1.54, 1.807) is 12.1 Å². The zero-order valence-corrected chi connectivity index (χ0v) is 19.8. The normalized spacial score (nSPS) is 15.3. The number of rotatable bonds is 3. The van der Waals surface area contributed by atoms with Crippen LogP contribution in [0.5, 0.6) is 5.75 Å². The lowest BCUT2D eigenvalue weighted by Crippen LogP contribution is -2.33. The van der Waals surface area contributed by atoms with Gasteiger partial charge in [-0.3, -0.25) is 4.79 Å². The lowest BCUT2D eigenvalue weighted by atomic mass is 9.96. The number of hydrogen-bond donors (Lipinski definition) is 4. The smallest absolute Gasteiger partial charge is 0.240 e. The molecule has 0 aromatic heterocycles. The first kappa shape index (κ1) is 24.2. The average Bonchev–Trinajstić information content (AvgIpc) is 3.27. The highest BCUT2D eigenvalue weighted by molar-refractivity contribution is 5.86. The quantitative estimate of drug-likeness (QED) is 0.447. The molecule has 5 heteroatoms. The molecule has 0 spiro atoms. The number of aromatic hydroxyl groups is 1. The van der Waals surface area contributed by atoms with Crippen LogP contribution in [0, 0.1) is 6.92 Å². The largest absolute Gasteiger partial charge is 0.508 e. The van der Waals surface area contributed by atoms with E-state index in [0.717, 1.165) is 29.8 Å². The molecule has 5 nitrogen and oxygen atoms in total. The van der Waals surface area contributed by atoms with E-state index in [2.05, 4.69) is 59.2 Å². The number of benzene rings is 3. The molecular formula is C28H35N3O2. The minimum Gasteiger partial charge on any atom is -0.508 e. The van der Waals surface area contributed by atoms with E-state index in [1.165, 1.54) is 35.2 Å². The predicted molar refractivity (Wildman–Crippen MR) is 137 cm³/mol. The van der Waals surface area contributed by atoms with Crippen molar-refractivity contribution in [1.82, 2.24) is 0 Å². The fourth-order valence-electron chi connectivity index (χ4n) is 4.36. The van der Waals surface area contributed by atoms with Crippen LogP contribution in [0.1, 0.15) is 48.1 Å². The van der Waals surface area contributed by atoms with Gasteiger partial charge in [0.1, 0.15) is 11.8 Å². The van der Waals surface area contributed by atoms with Crippen LogP contribution in [0.15, 0.2) is 60.7 Å². The second-order valence-corrected chi connectivity index (χ2v) is 8.24. The summed E-state index contributed by atoms with van der Waals surface area (Å²) in [6.07, 6.45) is 4.10. The van der Waals surface area contributed by atoms with Gasteiger partial charge in [-0.1, -0.05) is 62.4 Å².